The second kappa shape index (κ2) is 7.91. The van der Waals surface area contributed by atoms with Crippen molar-refractivity contribution < 1.29 is 35.0 Å². The number of phenols is 2. The average molecular weight is 419 g/mol. The predicted octanol–water partition coefficient (Wildman–Crippen LogP) is -0.530. The highest BCUT2D eigenvalue weighted by molar-refractivity contribution is 5.82. The number of anilines is 1. The number of aliphatic hydroxyl groups excluding tert-OH is 3. The third kappa shape index (κ3) is 3.35. The van der Waals surface area contributed by atoms with Crippen LogP contribution in [-0.4, -0.2) is 77.1 Å². The zero-order valence-corrected chi connectivity index (χ0v) is 15.9. The minimum atomic E-state index is -1.27. The molecule has 4 atom stereocenters. The molecule has 12 nitrogen and oxygen atoms in total. The maximum absolute atomic E-state index is 10.3. The van der Waals surface area contributed by atoms with Crippen molar-refractivity contribution >= 4 is 17.0 Å². The molecule has 1 fully saturated rings. The van der Waals surface area contributed by atoms with Crippen molar-refractivity contribution in [2.24, 2.45) is 0 Å². The van der Waals surface area contributed by atoms with Gasteiger partial charge < -0.3 is 40.3 Å². The van der Waals surface area contributed by atoms with Crippen LogP contribution in [0.4, 0.5) is 5.82 Å². The van der Waals surface area contributed by atoms with Crippen molar-refractivity contribution in [3.8, 4) is 17.2 Å². The largest absolute Gasteiger partial charge is 0.508 e. The molecule has 0 unspecified atom stereocenters. The van der Waals surface area contributed by atoms with Gasteiger partial charge in [0, 0.05) is 18.7 Å². The molecule has 0 bridgehead atoms. The van der Waals surface area contributed by atoms with Crippen molar-refractivity contribution in [1.29, 1.82) is 0 Å². The van der Waals surface area contributed by atoms with Crippen LogP contribution < -0.4 is 10.1 Å². The summed E-state index contributed by atoms with van der Waals surface area (Å²) >= 11 is 0. The quantitative estimate of drug-likeness (QED) is 0.303. The van der Waals surface area contributed by atoms with E-state index < -0.39 is 31.1 Å². The molecule has 2 aromatic heterocycles. The van der Waals surface area contributed by atoms with E-state index in [0.29, 0.717) is 28.3 Å². The molecule has 1 saturated heterocycles. The van der Waals surface area contributed by atoms with Gasteiger partial charge in [0.05, 0.1) is 25.6 Å². The van der Waals surface area contributed by atoms with E-state index in [-0.39, 0.29) is 18.0 Å². The predicted molar refractivity (Wildman–Crippen MR) is 102 cm³/mol. The lowest BCUT2D eigenvalue weighted by atomic mass is 10.1. The number of hydrogen-bond acceptors (Lipinski definition) is 11. The highest BCUT2D eigenvalue weighted by Gasteiger charge is 2.44. The number of aromatic nitrogens is 4. The van der Waals surface area contributed by atoms with Gasteiger partial charge in [0.25, 0.3) is 0 Å². The summed E-state index contributed by atoms with van der Waals surface area (Å²) in [6.45, 7) is -0.330. The Morgan fingerprint density at radius 3 is 2.67 bits per heavy atom. The summed E-state index contributed by atoms with van der Waals surface area (Å²) in [6.07, 6.45) is -1.74. The van der Waals surface area contributed by atoms with Crippen LogP contribution in [0.5, 0.6) is 17.2 Å². The van der Waals surface area contributed by atoms with Gasteiger partial charge in [0.1, 0.15) is 41.9 Å². The summed E-state index contributed by atoms with van der Waals surface area (Å²) < 4.78 is 12.2. The first kappa shape index (κ1) is 20.1. The molecule has 1 aliphatic rings. The van der Waals surface area contributed by atoms with Crippen LogP contribution in [0.15, 0.2) is 24.8 Å². The minimum Gasteiger partial charge on any atom is -0.508 e. The summed E-state index contributed by atoms with van der Waals surface area (Å²) in [5.74, 6) is 0.360. The lowest BCUT2D eigenvalue weighted by Crippen LogP contribution is -2.33. The molecule has 4 rings (SSSR count). The highest BCUT2D eigenvalue weighted by Crippen LogP contribution is 2.34. The van der Waals surface area contributed by atoms with Gasteiger partial charge in [0.2, 0.25) is 0 Å². The van der Waals surface area contributed by atoms with Crippen molar-refractivity contribution in [3.05, 3.63) is 30.4 Å². The number of benzene rings is 1. The summed E-state index contributed by atoms with van der Waals surface area (Å²) in [5, 5.41) is 52.3. The molecule has 160 valence electrons. The molecular formula is C18H21N5O7. The maximum atomic E-state index is 10.3. The first-order valence-electron chi connectivity index (χ1n) is 9.07. The summed E-state index contributed by atoms with van der Waals surface area (Å²) in [6, 6.07) is 2.58. The standard InChI is InChI=1S/C18H21N5O7/c1-29-11-3-8(25)2-10(26)9(11)4-19-16-13-17(21-6-20-16)23(7-22-13)18-15(28)14(27)12(5-24)30-18/h2-3,6-7,12,14-15,18,24-28H,4-5H2,1H3,(H,19,20,21)/t12-,14-,15-,18-/m1/s1. The minimum absolute atomic E-state index is 0.113. The third-order valence-electron chi connectivity index (χ3n) is 4.97. The van der Waals surface area contributed by atoms with Gasteiger partial charge in [-0.2, -0.15) is 0 Å². The van der Waals surface area contributed by atoms with Crippen molar-refractivity contribution in [3.63, 3.8) is 0 Å². The third-order valence-corrected chi connectivity index (χ3v) is 4.97. The number of ether oxygens (including phenoxy) is 2. The van der Waals surface area contributed by atoms with Crippen LogP contribution >= 0.6 is 0 Å². The second-order valence-corrected chi connectivity index (χ2v) is 6.77. The van der Waals surface area contributed by atoms with E-state index in [0.717, 1.165) is 0 Å². The summed E-state index contributed by atoms with van der Waals surface area (Å²) in [5.41, 5.74) is 1.11. The number of phenolic OH excluding ortho intramolecular Hbond substituents is 2. The smallest absolute Gasteiger partial charge is 0.167 e. The molecule has 12 heteroatoms. The number of aliphatic hydroxyl groups is 3. The fourth-order valence-corrected chi connectivity index (χ4v) is 3.43. The van der Waals surface area contributed by atoms with Gasteiger partial charge in [-0.1, -0.05) is 0 Å². The Morgan fingerprint density at radius 2 is 1.97 bits per heavy atom. The van der Waals surface area contributed by atoms with Crippen LogP contribution in [-0.2, 0) is 11.3 Å². The lowest BCUT2D eigenvalue weighted by Gasteiger charge is -2.16. The monoisotopic (exact) mass is 419 g/mol. The number of methoxy groups -OCH3 is 1. The number of imidazole rings is 1. The number of rotatable bonds is 6. The number of nitrogens with one attached hydrogen (secondary N) is 1. The van der Waals surface area contributed by atoms with Crippen LogP contribution in [0.3, 0.4) is 0 Å². The molecule has 3 aromatic rings. The van der Waals surface area contributed by atoms with Crippen molar-refractivity contribution in [1.82, 2.24) is 19.5 Å². The Labute approximate surface area is 170 Å². The van der Waals surface area contributed by atoms with Gasteiger partial charge in [-0.25, -0.2) is 15.0 Å². The fraction of sp³-hybridized carbons (Fsp3) is 0.389. The molecular weight excluding hydrogens is 398 g/mol. The number of hydrogen-bond donors (Lipinski definition) is 6. The topological polar surface area (TPSA) is 175 Å². The average Bonchev–Trinajstić information content (AvgIpc) is 3.28. The molecule has 6 N–H and O–H groups in total. The molecule has 0 spiro atoms. The van der Waals surface area contributed by atoms with Gasteiger partial charge in [0.15, 0.2) is 23.2 Å². The SMILES string of the molecule is COc1cc(O)cc(O)c1CNc1ncnc2c1ncn2[C@@H]1O[C@H](CO)[C@@H](O)[C@H]1O. The Morgan fingerprint density at radius 1 is 1.17 bits per heavy atom. The fourth-order valence-electron chi connectivity index (χ4n) is 3.43. The molecule has 0 aliphatic carbocycles. The number of aromatic hydroxyl groups is 2. The molecule has 3 heterocycles. The van der Waals surface area contributed by atoms with E-state index in [9.17, 15) is 25.5 Å². The molecule has 1 aliphatic heterocycles. The van der Waals surface area contributed by atoms with E-state index in [2.05, 4.69) is 20.3 Å². The van der Waals surface area contributed by atoms with Gasteiger partial charge in [-0.05, 0) is 0 Å². The van der Waals surface area contributed by atoms with Crippen LogP contribution in [0.1, 0.15) is 11.8 Å². The van der Waals surface area contributed by atoms with E-state index in [1.807, 2.05) is 0 Å². The lowest BCUT2D eigenvalue weighted by molar-refractivity contribution is -0.0511. The highest BCUT2D eigenvalue weighted by atomic mass is 16.6. The van der Waals surface area contributed by atoms with Crippen molar-refractivity contribution in [2.75, 3.05) is 19.0 Å². The molecule has 1 aromatic carbocycles. The van der Waals surface area contributed by atoms with Gasteiger partial charge in [-0.15, -0.1) is 0 Å². The van der Waals surface area contributed by atoms with E-state index in [4.69, 9.17) is 9.47 Å². The number of fused-ring (bicyclic) bond motifs is 1. The van der Waals surface area contributed by atoms with E-state index in [1.54, 1.807) is 0 Å². The van der Waals surface area contributed by atoms with Gasteiger partial charge >= 0.3 is 0 Å². The van der Waals surface area contributed by atoms with Crippen LogP contribution in [0, 0.1) is 0 Å². The van der Waals surface area contributed by atoms with E-state index in [1.165, 1.54) is 36.5 Å². The zero-order valence-electron chi connectivity index (χ0n) is 15.9. The van der Waals surface area contributed by atoms with Crippen LogP contribution in [0.25, 0.3) is 11.2 Å². The molecule has 0 saturated carbocycles. The Balaban J connectivity index is 1.62. The summed E-state index contributed by atoms with van der Waals surface area (Å²) in [4.78, 5) is 12.6. The summed E-state index contributed by atoms with van der Waals surface area (Å²) in [7, 11) is 1.42. The van der Waals surface area contributed by atoms with Gasteiger partial charge in [-0.3, -0.25) is 4.57 Å². The first-order valence-corrected chi connectivity index (χ1v) is 9.07. The molecule has 0 amide bonds. The normalized spacial score (nSPS) is 23.7. The van der Waals surface area contributed by atoms with Crippen molar-refractivity contribution in [2.45, 2.75) is 31.1 Å². The maximum Gasteiger partial charge on any atom is 0.167 e. The Kier molecular flexibility index (Phi) is 5.30. The number of nitrogens with zero attached hydrogens (tertiary/aromatic N) is 4. The zero-order chi connectivity index (χ0) is 21.4. The molecule has 0 radical (unpaired) electrons. The van der Waals surface area contributed by atoms with Crippen LogP contribution in [0.2, 0.25) is 0 Å². The second-order valence-electron chi connectivity index (χ2n) is 6.77. The Bertz CT molecular complexity index is 1060. The first-order chi connectivity index (χ1) is 14.4. The van der Waals surface area contributed by atoms with E-state index >= 15 is 0 Å². The Hall–Kier alpha value is -3.19. The molecule has 30 heavy (non-hydrogen) atoms.